The molecule has 0 bridgehead atoms. The molecule has 0 aromatic carbocycles. The van der Waals surface area contributed by atoms with Crippen LogP contribution in [-0.4, -0.2) is 27.9 Å². The van der Waals surface area contributed by atoms with E-state index in [0.29, 0.717) is 18.0 Å². The summed E-state index contributed by atoms with van der Waals surface area (Å²) < 4.78 is 0. The highest BCUT2D eigenvalue weighted by molar-refractivity contribution is 8.00. The summed E-state index contributed by atoms with van der Waals surface area (Å²) in [6.07, 6.45) is 3.90. The molecule has 1 aliphatic rings. The van der Waals surface area contributed by atoms with Gasteiger partial charge in [0.1, 0.15) is 5.78 Å². The van der Waals surface area contributed by atoms with E-state index in [-0.39, 0.29) is 11.7 Å². The second-order valence-corrected chi connectivity index (χ2v) is 4.53. The number of carbonyl (C=O) groups excluding carboxylic acids is 1. The number of aliphatic carboxylic acids is 1. The van der Waals surface area contributed by atoms with Crippen LogP contribution in [0.4, 0.5) is 0 Å². The summed E-state index contributed by atoms with van der Waals surface area (Å²) in [4.78, 5) is 21.5. The molecular weight excluding hydrogens is 188 g/mol. The number of thioether (sulfide) groups is 1. The highest BCUT2D eigenvalue weighted by atomic mass is 32.2. The third-order valence-corrected chi connectivity index (χ3v) is 3.47. The molecule has 0 aliphatic heterocycles. The van der Waals surface area contributed by atoms with Crippen LogP contribution < -0.4 is 0 Å². The number of hydrogen-bond acceptors (Lipinski definition) is 3. The molecule has 0 amide bonds. The van der Waals surface area contributed by atoms with E-state index in [0.717, 1.165) is 19.3 Å². The van der Waals surface area contributed by atoms with Crippen molar-refractivity contribution in [2.75, 3.05) is 5.75 Å². The van der Waals surface area contributed by atoms with Gasteiger partial charge >= 0.3 is 5.97 Å². The van der Waals surface area contributed by atoms with Gasteiger partial charge in [0, 0.05) is 12.2 Å². The van der Waals surface area contributed by atoms with E-state index in [1.165, 1.54) is 11.8 Å². The summed E-state index contributed by atoms with van der Waals surface area (Å²) in [5.41, 5.74) is 0. The maximum Gasteiger partial charge on any atom is 0.304 e. The predicted octanol–water partition coefficient (Wildman–Crippen LogP) is 1.71. The first kappa shape index (κ1) is 10.6. The van der Waals surface area contributed by atoms with Crippen molar-refractivity contribution in [2.24, 2.45) is 0 Å². The molecule has 1 N–H and O–H groups in total. The highest BCUT2D eigenvalue weighted by Crippen LogP contribution is 2.25. The first-order valence-electron chi connectivity index (χ1n) is 4.56. The third kappa shape index (κ3) is 3.81. The van der Waals surface area contributed by atoms with E-state index in [9.17, 15) is 9.59 Å². The SMILES string of the molecule is O=C(O)CCSC1CCCCC1=O. The molecule has 0 saturated heterocycles. The molecule has 1 saturated carbocycles. The van der Waals surface area contributed by atoms with Crippen molar-refractivity contribution >= 4 is 23.5 Å². The third-order valence-electron chi connectivity index (χ3n) is 2.13. The van der Waals surface area contributed by atoms with Crippen LogP contribution in [0.3, 0.4) is 0 Å². The van der Waals surface area contributed by atoms with Gasteiger partial charge in [0.2, 0.25) is 0 Å². The lowest BCUT2D eigenvalue weighted by atomic mass is 9.99. The van der Waals surface area contributed by atoms with Gasteiger partial charge in [-0.2, -0.15) is 11.8 Å². The highest BCUT2D eigenvalue weighted by Gasteiger charge is 2.22. The quantitative estimate of drug-likeness (QED) is 0.754. The van der Waals surface area contributed by atoms with Crippen LogP contribution in [-0.2, 0) is 9.59 Å². The van der Waals surface area contributed by atoms with Crippen molar-refractivity contribution in [3.63, 3.8) is 0 Å². The Labute approximate surface area is 81.9 Å². The molecule has 13 heavy (non-hydrogen) atoms. The summed E-state index contributed by atoms with van der Waals surface area (Å²) in [6.45, 7) is 0. The molecule has 74 valence electrons. The Morgan fingerprint density at radius 3 is 2.92 bits per heavy atom. The van der Waals surface area contributed by atoms with Crippen molar-refractivity contribution < 1.29 is 14.7 Å². The van der Waals surface area contributed by atoms with Crippen LogP contribution in [0.1, 0.15) is 32.1 Å². The average Bonchev–Trinajstić information content (AvgIpc) is 2.08. The first-order chi connectivity index (χ1) is 6.20. The minimum atomic E-state index is -0.782. The standard InChI is InChI=1S/C9H14O3S/c10-7-3-1-2-4-8(7)13-6-5-9(11)12/h8H,1-6H2,(H,11,12). The molecular formula is C9H14O3S. The largest absolute Gasteiger partial charge is 0.481 e. The van der Waals surface area contributed by atoms with Crippen LogP contribution >= 0.6 is 11.8 Å². The number of carbonyl (C=O) groups is 2. The van der Waals surface area contributed by atoms with Crippen LogP contribution in [0.2, 0.25) is 0 Å². The lowest BCUT2D eigenvalue weighted by molar-refractivity contribution is -0.136. The zero-order valence-corrected chi connectivity index (χ0v) is 8.31. The summed E-state index contributed by atoms with van der Waals surface area (Å²) in [5, 5.41) is 8.49. The topological polar surface area (TPSA) is 54.4 Å². The molecule has 0 aromatic rings. The summed E-state index contributed by atoms with van der Waals surface area (Å²) in [6, 6.07) is 0. The average molecular weight is 202 g/mol. The zero-order chi connectivity index (χ0) is 9.68. The van der Waals surface area contributed by atoms with E-state index >= 15 is 0 Å². The summed E-state index contributed by atoms with van der Waals surface area (Å²) in [7, 11) is 0. The van der Waals surface area contributed by atoms with Gasteiger partial charge in [-0.3, -0.25) is 9.59 Å². The van der Waals surface area contributed by atoms with Gasteiger partial charge in [0.25, 0.3) is 0 Å². The van der Waals surface area contributed by atoms with Crippen molar-refractivity contribution in [2.45, 2.75) is 37.4 Å². The van der Waals surface area contributed by atoms with E-state index in [1.54, 1.807) is 0 Å². The van der Waals surface area contributed by atoms with Crippen LogP contribution in [0.15, 0.2) is 0 Å². The Morgan fingerprint density at radius 2 is 2.31 bits per heavy atom. The number of carboxylic acid groups (broad SMARTS) is 1. The molecule has 4 heteroatoms. The molecule has 0 heterocycles. The van der Waals surface area contributed by atoms with E-state index in [4.69, 9.17) is 5.11 Å². The Bertz CT molecular complexity index is 203. The van der Waals surface area contributed by atoms with Gasteiger partial charge in [-0.25, -0.2) is 0 Å². The lowest BCUT2D eigenvalue weighted by Crippen LogP contribution is -2.22. The summed E-state index contributed by atoms with van der Waals surface area (Å²) in [5.74, 6) is 0.0866. The molecule has 1 atom stereocenters. The van der Waals surface area contributed by atoms with Gasteiger partial charge in [0.05, 0.1) is 11.7 Å². The van der Waals surface area contributed by atoms with E-state index in [1.807, 2.05) is 0 Å². The maximum atomic E-state index is 11.3. The molecule has 1 aliphatic carbocycles. The van der Waals surface area contributed by atoms with Crippen molar-refractivity contribution in [1.29, 1.82) is 0 Å². The smallest absolute Gasteiger partial charge is 0.304 e. The van der Waals surface area contributed by atoms with Crippen molar-refractivity contribution in [3.05, 3.63) is 0 Å². The number of Topliss-reactive ketones (excluding diaryl/α,β-unsaturated/α-hetero) is 1. The molecule has 0 spiro atoms. The van der Waals surface area contributed by atoms with Crippen LogP contribution in [0.5, 0.6) is 0 Å². The lowest BCUT2D eigenvalue weighted by Gasteiger charge is -2.19. The second kappa shape index (κ2) is 5.27. The van der Waals surface area contributed by atoms with Crippen molar-refractivity contribution in [1.82, 2.24) is 0 Å². The molecule has 1 unspecified atom stereocenters. The molecule has 0 aromatic heterocycles. The fraction of sp³-hybridized carbons (Fsp3) is 0.778. The Kier molecular flexibility index (Phi) is 4.28. The van der Waals surface area contributed by atoms with Gasteiger partial charge in [0.15, 0.2) is 0 Å². The van der Waals surface area contributed by atoms with Gasteiger partial charge in [-0.1, -0.05) is 6.42 Å². The Balaban J connectivity index is 2.19. The van der Waals surface area contributed by atoms with Gasteiger partial charge in [-0.05, 0) is 12.8 Å². The number of hydrogen-bond donors (Lipinski definition) is 1. The monoisotopic (exact) mass is 202 g/mol. The Hall–Kier alpha value is -0.510. The minimum absolute atomic E-state index is 0.0769. The van der Waals surface area contributed by atoms with Crippen LogP contribution in [0.25, 0.3) is 0 Å². The minimum Gasteiger partial charge on any atom is -0.481 e. The summed E-state index contributed by atoms with van der Waals surface area (Å²) >= 11 is 1.50. The zero-order valence-electron chi connectivity index (χ0n) is 7.49. The number of ketones is 1. The normalized spacial score (nSPS) is 23.1. The number of carboxylic acids is 1. The maximum absolute atomic E-state index is 11.3. The molecule has 1 rings (SSSR count). The first-order valence-corrected chi connectivity index (χ1v) is 5.61. The fourth-order valence-corrected chi connectivity index (χ4v) is 2.63. The molecule has 0 radical (unpaired) electrons. The van der Waals surface area contributed by atoms with E-state index in [2.05, 4.69) is 0 Å². The molecule has 1 fully saturated rings. The Morgan fingerprint density at radius 1 is 1.54 bits per heavy atom. The van der Waals surface area contributed by atoms with Crippen molar-refractivity contribution in [3.8, 4) is 0 Å². The van der Waals surface area contributed by atoms with Gasteiger partial charge < -0.3 is 5.11 Å². The molecule has 3 nitrogen and oxygen atoms in total. The van der Waals surface area contributed by atoms with E-state index < -0.39 is 5.97 Å². The second-order valence-electron chi connectivity index (χ2n) is 3.22. The van der Waals surface area contributed by atoms with Crippen LogP contribution in [0, 0.1) is 0 Å². The fourth-order valence-electron chi connectivity index (χ4n) is 1.42. The van der Waals surface area contributed by atoms with Gasteiger partial charge in [-0.15, -0.1) is 0 Å². The number of rotatable bonds is 4. The predicted molar refractivity (Wildman–Crippen MR) is 52.0 cm³/mol.